The lowest BCUT2D eigenvalue weighted by Gasteiger charge is -2.35. The molecule has 0 atom stereocenters. The first-order valence-electron chi connectivity index (χ1n) is 9.92. The standard InChI is InChI=1S/C22H20ClFN4O3/c23-17-13-14(24)5-6-15(17)22(31)28-11-9-27(10-12-28)20(29)8-7-19-25-18-4-2-1-3-16(18)21(30)26-19/h1-6,13H,7-12H2,(H,25,26,30). The van der Waals surface area contributed by atoms with Crippen LogP contribution in [-0.4, -0.2) is 57.8 Å². The highest BCUT2D eigenvalue weighted by molar-refractivity contribution is 6.33. The van der Waals surface area contributed by atoms with Gasteiger partial charge in [-0.05, 0) is 30.3 Å². The number of para-hydroxylation sites is 1. The van der Waals surface area contributed by atoms with Gasteiger partial charge in [-0.3, -0.25) is 14.4 Å². The van der Waals surface area contributed by atoms with Gasteiger partial charge in [0, 0.05) is 39.0 Å². The molecule has 0 radical (unpaired) electrons. The van der Waals surface area contributed by atoms with Crippen molar-refractivity contribution >= 4 is 34.3 Å². The minimum absolute atomic E-state index is 0.0669. The van der Waals surface area contributed by atoms with Gasteiger partial charge in [-0.15, -0.1) is 0 Å². The number of aromatic amines is 1. The number of hydrogen-bond donors (Lipinski definition) is 1. The number of rotatable bonds is 4. The van der Waals surface area contributed by atoms with E-state index < -0.39 is 5.82 Å². The second kappa shape index (κ2) is 8.85. The number of aryl methyl sites for hydroxylation is 1. The first kappa shape index (κ1) is 21.0. The fourth-order valence-corrected chi connectivity index (χ4v) is 3.88. The molecule has 31 heavy (non-hydrogen) atoms. The van der Waals surface area contributed by atoms with Gasteiger partial charge in [0.2, 0.25) is 5.91 Å². The molecule has 160 valence electrons. The molecule has 1 aromatic heterocycles. The first-order chi connectivity index (χ1) is 14.9. The Kier molecular flexibility index (Phi) is 5.99. The van der Waals surface area contributed by atoms with Crippen LogP contribution in [0.4, 0.5) is 4.39 Å². The molecule has 1 aliphatic heterocycles. The summed E-state index contributed by atoms with van der Waals surface area (Å²) in [6, 6.07) is 10.7. The van der Waals surface area contributed by atoms with Crippen molar-refractivity contribution in [3.63, 3.8) is 0 Å². The first-order valence-corrected chi connectivity index (χ1v) is 10.3. The number of nitrogens with zero attached hydrogens (tertiary/aromatic N) is 3. The lowest BCUT2D eigenvalue weighted by Crippen LogP contribution is -2.50. The zero-order valence-corrected chi connectivity index (χ0v) is 17.4. The summed E-state index contributed by atoms with van der Waals surface area (Å²) in [5.74, 6) is -0.381. The molecule has 0 aliphatic carbocycles. The maximum Gasteiger partial charge on any atom is 0.258 e. The molecular weight excluding hydrogens is 423 g/mol. The largest absolute Gasteiger partial charge is 0.339 e. The maximum atomic E-state index is 13.2. The molecule has 2 aromatic carbocycles. The molecule has 1 fully saturated rings. The average Bonchev–Trinajstić information content (AvgIpc) is 2.77. The Labute approximate surface area is 182 Å². The number of piperazine rings is 1. The van der Waals surface area contributed by atoms with E-state index >= 15 is 0 Å². The van der Waals surface area contributed by atoms with E-state index in [-0.39, 0.29) is 34.4 Å². The summed E-state index contributed by atoms with van der Waals surface area (Å²) in [4.78, 5) is 47.8. The van der Waals surface area contributed by atoms with E-state index in [1.54, 1.807) is 28.0 Å². The SMILES string of the molecule is O=C(CCc1nc2ccccc2c(=O)[nH]1)N1CCN(C(=O)c2ccc(F)cc2Cl)CC1. The number of nitrogens with one attached hydrogen (secondary N) is 1. The van der Waals surface area contributed by atoms with E-state index in [1.165, 1.54) is 12.1 Å². The van der Waals surface area contributed by atoms with Crippen LogP contribution in [0.1, 0.15) is 22.6 Å². The monoisotopic (exact) mass is 442 g/mol. The lowest BCUT2D eigenvalue weighted by atomic mass is 10.1. The third kappa shape index (κ3) is 4.59. The van der Waals surface area contributed by atoms with Gasteiger partial charge in [-0.1, -0.05) is 23.7 Å². The quantitative estimate of drug-likeness (QED) is 0.673. The van der Waals surface area contributed by atoms with E-state index in [2.05, 4.69) is 9.97 Å². The zero-order chi connectivity index (χ0) is 22.0. The molecule has 2 amide bonds. The Morgan fingerprint density at radius 1 is 1.06 bits per heavy atom. The second-order valence-corrected chi connectivity index (χ2v) is 7.73. The van der Waals surface area contributed by atoms with Crippen LogP contribution in [0.25, 0.3) is 10.9 Å². The predicted molar refractivity (Wildman–Crippen MR) is 115 cm³/mol. The van der Waals surface area contributed by atoms with Gasteiger partial charge in [0.1, 0.15) is 11.6 Å². The molecule has 1 N–H and O–H groups in total. The molecule has 0 saturated carbocycles. The van der Waals surface area contributed by atoms with Gasteiger partial charge < -0.3 is 14.8 Å². The fraction of sp³-hybridized carbons (Fsp3) is 0.273. The van der Waals surface area contributed by atoms with Crippen LogP contribution in [0.2, 0.25) is 5.02 Å². The van der Waals surface area contributed by atoms with Gasteiger partial charge in [0.05, 0.1) is 21.5 Å². The normalized spacial score (nSPS) is 14.1. The van der Waals surface area contributed by atoms with Crippen LogP contribution in [0.3, 0.4) is 0 Å². The van der Waals surface area contributed by atoms with Crippen molar-refractivity contribution in [1.29, 1.82) is 0 Å². The number of fused-ring (bicyclic) bond motifs is 1. The molecule has 2 heterocycles. The van der Waals surface area contributed by atoms with Crippen molar-refractivity contribution in [3.05, 3.63) is 75.0 Å². The van der Waals surface area contributed by atoms with Crippen molar-refractivity contribution in [2.75, 3.05) is 26.2 Å². The highest BCUT2D eigenvalue weighted by Crippen LogP contribution is 2.20. The Hall–Kier alpha value is -3.26. The highest BCUT2D eigenvalue weighted by atomic mass is 35.5. The van der Waals surface area contributed by atoms with Crippen molar-refractivity contribution in [1.82, 2.24) is 19.8 Å². The molecule has 4 rings (SSSR count). The molecule has 0 bridgehead atoms. The van der Waals surface area contributed by atoms with E-state index in [0.717, 1.165) is 6.07 Å². The van der Waals surface area contributed by atoms with Crippen LogP contribution in [-0.2, 0) is 11.2 Å². The van der Waals surface area contributed by atoms with E-state index in [9.17, 15) is 18.8 Å². The summed E-state index contributed by atoms with van der Waals surface area (Å²) >= 11 is 5.99. The summed E-state index contributed by atoms with van der Waals surface area (Å²) in [6.45, 7) is 1.52. The summed E-state index contributed by atoms with van der Waals surface area (Å²) in [5.41, 5.74) is 0.620. The van der Waals surface area contributed by atoms with E-state index in [1.807, 2.05) is 6.07 Å². The van der Waals surface area contributed by atoms with Crippen molar-refractivity contribution in [2.24, 2.45) is 0 Å². The van der Waals surface area contributed by atoms with Gasteiger partial charge in [-0.2, -0.15) is 0 Å². The van der Waals surface area contributed by atoms with Crippen LogP contribution < -0.4 is 5.56 Å². The Bertz CT molecular complexity index is 1200. The van der Waals surface area contributed by atoms with Crippen LogP contribution in [0, 0.1) is 5.82 Å². The van der Waals surface area contributed by atoms with Crippen molar-refractivity contribution in [3.8, 4) is 0 Å². The Morgan fingerprint density at radius 3 is 2.52 bits per heavy atom. The number of aromatic nitrogens is 2. The summed E-state index contributed by atoms with van der Waals surface area (Å²) in [6.07, 6.45) is 0.530. The number of amides is 2. The molecule has 1 aliphatic rings. The molecule has 0 spiro atoms. The van der Waals surface area contributed by atoms with Crippen LogP contribution >= 0.6 is 11.6 Å². The predicted octanol–water partition coefficient (Wildman–Crippen LogP) is 2.63. The van der Waals surface area contributed by atoms with Crippen LogP contribution in [0.5, 0.6) is 0 Å². The third-order valence-electron chi connectivity index (χ3n) is 5.32. The highest BCUT2D eigenvalue weighted by Gasteiger charge is 2.26. The smallest absolute Gasteiger partial charge is 0.258 e. The number of carbonyl (C=O) groups is 2. The summed E-state index contributed by atoms with van der Waals surface area (Å²) in [5, 5.41) is 0.583. The molecule has 9 heteroatoms. The second-order valence-electron chi connectivity index (χ2n) is 7.33. The van der Waals surface area contributed by atoms with E-state index in [0.29, 0.717) is 49.3 Å². The zero-order valence-electron chi connectivity index (χ0n) is 16.6. The lowest BCUT2D eigenvalue weighted by molar-refractivity contribution is -0.132. The van der Waals surface area contributed by atoms with Gasteiger partial charge in [0.15, 0.2) is 0 Å². The maximum absolute atomic E-state index is 13.2. The molecule has 3 aromatic rings. The molecule has 0 unspecified atom stereocenters. The van der Waals surface area contributed by atoms with E-state index in [4.69, 9.17) is 11.6 Å². The van der Waals surface area contributed by atoms with Gasteiger partial charge in [0.25, 0.3) is 11.5 Å². The van der Waals surface area contributed by atoms with Crippen LogP contribution in [0.15, 0.2) is 47.3 Å². The molecule has 7 nitrogen and oxygen atoms in total. The minimum Gasteiger partial charge on any atom is -0.339 e. The number of H-pyrrole nitrogens is 1. The summed E-state index contributed by atoms with van der Waals surface area (Å²) in [7, 11) is 0. The number of carbonyl (C=O) groups excluding carboxylic acids is 2. The van der Waals surface area contributed by atoms with Crippen molar-refractivity contribution in [2.45, 2.75) is 12.8 Å². The Morgan fingerprint density at radius 2 is 1.77 bits per heavy atom. The third-order valence-corrected chi connectivity index (χ3v) is 5.63. The van der Waals surface area contributed by atoms with Crippen molar-refractivity contribution < 1.29 is 14.0 Å². The molecular formula is C22H20ClFN4O3. The number of benzene rings is 2. The topological polar surface area (TPSA) is 86.4 Å². The average molecular weight is 443 g/mol. The number of hydrogen-bond acceptors (Lipinski definition) is 4. The summed E-state index contributed by atoms with van der Waals surface area (Å²) < 4.78 is 13.2. The van der Waals surface area contributed by atoms with Gasteiger partial charge in [-0.25, -0.2) is 9.37 Å². The van der Waals surface area contributed by atoms with Gasteiger partial charge >= 0.3 is 0 Å². The molecule has 1 saturated heterocycles. The minimum atomic E-state index is -0.501. The Balaban J connectivity index is 1.33. The fourth-order valence-electron chi connectivity index (χ4n) is 3.63. The number of halogens is 2.